The molecule has 0 aromatic heterocycles. The summed E-state index contributed by atoms with van der Waals surface area (Å²) in [5.74, 6) is 1.25. The minimum atomic E-state index is 0.0189. The molecule has 8 heteroatoms. The third kappa shape index (κ3) is 6.16. The van der Waals surface area contributed by atoms with Gasteiger partial charge >= 0.3 is 0 Å². The quantitative estimate of drug-likeness (QED) is 0.373. The molecule has 0 aliphatic carbocycles. The number of hydrogen-bond donors (Lipinski definition) is 0. The number of benzene rings is 3. The number of nitrogens with zero attached hydrogens (tertiary/aromatic N) is 2. The molecule has 0 bridgehead atoms. The molecule has 3 aromatic carbocycles. The van der Waals surface area contributed by atoms with Crippen LogP contribution in [-0.2, 0) is 13.2 Å². The van der Waals surface area contributed by atoms with Gasteiger partial charge in [-0.3, -0.25) is 9.69 Å². The predicted molar refractivity (Wildman–Crippen MR) is 136 cm³/mol. The Bertz CT molecular complexity index is 1140. The highest BCUT2D eigenvalue weighted by Gasteiger charge is 2.22. The average Bonchev–Trinajstić information content (AvgIpc) is 2.84. The van der Waals surface area contributed by atoms with E-state index >= 15 is 0 Å². The van der Waals surface area contributed by atoms with Crippen molar-refractivity contribution in [3.8, 4) is 11.5 Å². The lowest BCUT2D eigenvalue weighted by atomic mass is 10.1. The monoisotopic (exact) mass is 518 g/mol. The minimum Gasteiger partial charge on any atom is -0.497 e. The zero-order valence-electron chi connectivity index (χ0n) is 18.8. The van der Waals surface area contributed by atoms with Gasteiger partial charge in [-0.05, 0) is 47.5 Å². The molecule has 0 N–H and O–H groups in total. The molecule has 3 aromatic rings. The normalized spacial score (nSPS) is 14.2. The van der Waals surface area contributed by atoms with E-state index in [1.807, 2.05) is 41.3 Å². The zero-order chi connectivity index (χ0) is 24.1. The Morgan fingerprint density at radius 1 is 0.882 bits per heavy atom. The molecule has 0 radical (unpaired) electrons. The van der Waals surface area contributed by atoms with E-state index in [1.165, 1.54) is 5.56 Å². The Labute approximate surface area is 214 Å². The van der Waals surface area contributed by atoms with Crippen molar-refractivity contribution in [1.29, 1.82) is 0 Å². The SMILES string of the molecule is COc1cccc(CN2CCN(C(=O)c3cccc(COc4c(Cl)cc(Cl)cc4Cl)c3)CC2)c1. The van der Waals surface area contributed by atoms with E-state index < -0.39 is 0 Å². The van der Waals surface area contributed by atoms with E-state index in [0.29, 0.717) is 39.5 Å². The van der Waals surface area contributed by atoms with Gasteiger partial charge in [0.05, 0.1) is 17.2 Å². The summed E-state index contributed by atoms with van der Waals surface area (Å²) in [6.07, 6.45) is 0. The van der Waals surface area contributed by atoms with E-state index in [4.69, 9.17) is 44.3 Å². The molecule has 34 heavy (non-hydrogen) atoms. The molecule has 0 atom stereocenters. The third-order valence-electron chi connectivity index (χ3n) is 5.72. The van der Waals surface area contributed by atoms with Gasteiger partial charge in [0.1, 0.15) is 12.4 Å². The topological polar surface area (TPSA) is 42.0 Å². The first kappa shape index (κ1) is 24.7. The van der Waals surface area contributed by atoms with E-state index in [0.717, 1.165) is 30.9 Å². The second kappa shape index (κ2) is 11.3. The fourth-order valence-corrected chi connectivity index (χ4v) is 4.86. The van der Waals surface area contributed by atoms with Gasteiger partial charge in [-0.15, -0.1) is 0 Å². The molecule has 178 valence electrons. The van der Waals surface area contributed by atoms with Crippen molar-refractivity contribution in [2.24, 2.45) is 0 Å². The first-order valence-corrected chi connectivity index (χ1v) is 12.1. The lowest BCUT2D eigenvalue weighted by Gasteiger charge is -2.35. The fourth-order valence-electron chi connectivity index (χ4n) is 3.94. The molecule has 1 fully saturated rings. The Morgan fingerprint density at radius 2 is 1.56 bits per heavy atom. The Hall–Kier alpha value is -2.44. The highest BCUT2D eigenvalue weighted by molar-refractivity contribution is 6.40. The molecule has 1 aliphatic rings. The van der Waals surface area contributed by atoms with Gasteiger partial charge in [0.15, 0.2) is 5.75 Å². The maximum Gasteiger partial charge on any atom is 0.253 e. The van der Waals surface area contributed by atoms with Crippen molar-refractivity contribution in [2.45, 2.75) is 13.2 Å². The van der Waals surface area contributed by atoms with Gasteiger partial charge in [-0.2, -0.15) is 0 Å². The molecule has 0 saturated carbocycles. The molecule has 1 saturated heterocycles. The van der Waals surface area contributed by atoms with Gasteiger partial charge in [0, 0.05) is 43.3 Å². The van der Waals surface area contributed by atoms with Gasteiger partial charge in [-0.25, -0.2) is 0 Å². The number of halogens is 3. The summed E-state index contributed by atoms with van der Waals surface area (Å²) in [5, 5.41) is 1.13. The van der Waals surface area contributed by atoms with Crippen molar-refractivity contribution >= 4 is 40.7 Å². The van der Waals surface area contributed by atoms with Crippen molar-refractivity contribution in [1.82, 2.24) is 9.80 Å². The molecular weight excluding hydrogens is 495 g/mol. The van der Waals surface area contributed by atoms with Crippen LogP contribution in [0.15, 0.2) is 60.7 Å². The highest BCUT2D eigenvalue weighted by atomic mass is 35.5. The van der Waals surface area contributed by atoms with Crippen LogP contribution in [0.4, 0.5) is 0 Å². The first-order valence-electron chi connectivity index (χ1n) is 10.9. The summed E-state index contributed by atoms with van der Waals surface area (Å²) >= 11 is 18.4. The minimum absolute atomic E-state index is 0.0189. The first-order chi connectivity index (χ1) is 16.4. The largest absolute Gasteiger partial charge is 0.497 e. The predicted octanol–water partition coefficient (Wildman–Crippen LogP) is 6.19. The van der Waals surface area contributed by atoms with Gasteiger partial charge < -0.3 is 14.4 Å². The van der Waals surface area contributed by atoms with Crippen LogP contribution < -0.4 is 9.47 Å². The summed E-state index contributed by atoms with van der Waals surface area (Å²) in [6.45, 7) is 4.07. The van der Waals surface area contributed by atoms with E-state index in [2.05, 4.69) is 17.0 Å². The zero-order valence-corrected chi connectivity index (χ0v) is 21.0. The van der Waals surface area contributed by atoms with Crippen molar-refractivity contribution in [3.63, 3.8) is 0 Å². The number of amides is 1. The summed E-state index contributed by atoms with van der Waals surface area (Å²) in [7, 11) is 1.67. The molecule has 1 aliphatic heterocycles. The molecule has 1 amide bonds. The summed E-state index contributed by atoms with van der Waals surface area (Å²) < 4.78 is 11.1. The standard InChI is InChI=1S/C26H25Cl3N2O3/c1-33-22-7-3-4-18(13-22)16-30-8-10-31(11-9-30)26(32)20-6-2-5-19(12-20)17-34-25-23(28)14-21(27)15-24(25)29/h2-7,12-15H,8-11,16-17H2,1H3. The van der Waals surface area contributed by atoms with Crippen molar-refractivity contribution < 1.29 is 14.3 Å². The second-order valence-electron chi connectivity index (χ2n) is 8.11. The molecular formula is C26H25Cl3N2O3. The van der Waals surface area contributed by atoms with Gasteiger partial charge in [-0.1, -0.05) is 59.1 Å². The molecule has 0 spiro atoms. The lowest BCUT2D eigenvalue weighted by molar-refractivity contribution is 0.0628. The number of ether oxygens (including phenoxy) is 2. The summed E-state index contributed by atoms with van der Waals surface area (Å²) in [6, 6.07) is 18.7. The fraction of sp³-hybridized carbons (Fsp3) is 0.269. The maximum atomic E-state index is 13.1. The van der Waals surface area contributed by atoms with E-state index in [9.17, 15) is 4.79 Å². The highest BCUT2D eigenvalue weighted by Crippen LogP contribution is 2.36. The van der Waals surface area contributed by atoms with Crippen LogP contribution in [0.5, 0.6) is 11.5 Å². The van der Waals surface area contributed by atoms with E-state index in [1.54, 1.807) is 19.2 Å². The Kier molecular flexibility index (Phi) is 8.22. The second-order valence-corrected chi connectivity index (χ2v) is 9.36. The third-order valence-corrected chi connectivity index (χ3v) is 6.50. The average molecular weight is 520 g/mol. The van der Waals surface area contributed by atoms with Crippen LogP contribution in [-0.4, -0.2) is 49.0 Å². The maximum absolute atomic E-state index is 13.1. The van der Waals surface area contributed by atoms with Crippen molar-refractivity contribution in [3.05, 3.63) is 92.4 Å². The molecule has 4 rings (SSSR count). The van der Waals surface area contributed by atoms with Crippen molar-refractivity contribution in [2.75, 3.05) is 33.3 Å². The number of rotatable bonds is 7. The van der Waals surface area contributed by atoms with Crippen LogP contribution in [0.1, 0.15) is 21.5 Å². The van der Waals surface area contributed by atoms with Crippen LogP contribution in [0, 0.1) is 0 Å². The molecule has 1 heterocycles. The van der Waals surface area contributed by atoms with Crippen LogP contribution >= 0.6 is 34.8 Å². The number of carbonyl (C=O) groups is 1. The lowest BCUT2D eigenvalue weighted by Crippen LogP contribution is -2.48. The van der Waals surface area contributed by atoms with Crippen LogP contribution in [0.3, 0.4) is 0 Å². The Morgan fingerprint density at radius 3 is 2.26 bits per heavy atom. The smallest absolute Gasteiger partial charge is 0.253 e. The number of carbonyl (C=O) groups excluding carboxylic acids is 1. The van der Waals surface area contributed by atoms with Crippen LogP contribution in [0.2, 0.25) is 15.1 Å². The van der Waals surface area contributed by atoms with Gasteiger partial charge in [0.2, 0.25) is 0 Å². The summed E-state index contributed by atoms with van der Waals surface area (Å²) in [5.41, 5.74) is 2.69. The molecule has 0 unspecified atom stereocenters. The van der Waals surface area contributed by atoms with Crippen LogP contribution in [0.25, 0.3) is 0 Å². The summed E-state index contributed by atoms with van der Waals surface area (Å²) in [4.78, 5) is 17.4. The number of hydrogen-bond acceptors (Lipinski definition) is 4. The van der Waals surface area contributed by atoms with Gasteiger partial charge in [0.25, 0.3) is 5.91 Å². The number of piperazine rings is 1. The number of methoxy groups -OCH3 is 1. The van der Waals surface area contributed by atoms with E-state index in [-0.39, 0.29) is 12.5 Å². The Balaban J connectivity index is 1.33. The molecule has 5 nitrogen and oxygen atoms in total.